The largest absolute Gasteiger partial charge is 0.345 e. The molecule has 0 saturated carbocycles. The molecule has 0 unspecified atom stereocenters. The second kappa shape index (κ2) is 5.14. The fraction of sp³-hybridized carbons (Fsp3) is 0.176. The Morgan fingerprint density at radius 2 is 2.18 bits per heavy atom. The highest BCUT2D eigenvalue weighted by atomic mass is 35.5. The summed E-state index contributed by atoms with van der Waals surface area (Å²) in [5.41, 5.74) is 4.49. The molecule has 0 spiro atoms. The summed E-state index contributed by atoms with van der Waals surface area (Å²) in [6.45, 7) is 2.88. The van der Waals surface area contributed by atoms with Crippen molar-refractivity contribution in [3.8, 4) is 0 Å². The number of nitrogens with zero attached hydrogens (tertiary/aromatic N) is 4. The van der Waals surface area contributed by atoms with Crippen LogP contribution in [0.3, 0.4) is 0 Å². The summed E-state index contributed by atoms with van der Waals surface area (Å²) >= 11 is 6.36. The number of hydrogen-bond acceptors (Lipinski definition) is 3. The van der Waals surface area contributed by atoms with E-state index in [2.05, 4.69) is 27.0 Å². The van der Waals surface area contributed by atoms with E-state index in [1.165, 1.54) is 11.1 Å². The van der Waals surface area contributed by atoms with Crippen LogP contribution in [0.4, 0.5) is 0 Å². The predicted molar refractivity (Wildman–Crippen MR) is 88.8 cm³/mol. The number of aryl methyl sites for hydroxylation is 1. The van der Waals surface area contributed by atoms with E-state index in [0.717, 1.165) is 35.2 Å². The summed E-state index contributed by atoms with van der Waals surface area (Å²) in [5.74, 6) is 0.849. The molecule has 3 heterocycles. The molecule has 0 fully saturated rings. The first kappa shape index (κ1) is 13.3. The van der Waals surface area contributed by atoms with Gasteiger partial charge in [-0.05, 0) is 25.0 Å². The highest BCUT2D eigenvalue weighted by Gasteiger charge is 2.23. The van der Waals surface area contributed by atoms with Crippen molar-refractivity contribution in [1.82, 2.24) is 14.5 Å². The standard InChI is InChI=1S/C17H15ClN4/c1-12-10-22(11-20-12)17-9-16-14-3-2-4-15(18)13(14)5-7-21(16)8-6-19-17/h2-4,6,8-11H,5,7H2,1H3. The first-order valence-corrected chi connectivity index (χ1v) is 7.62. The van der Waals surface area contributed by atoms with E-state index < -0.39 is 0 Å². The van der Waals surface area contributed by atoms with Crippen LogP contribution in [-0.2, 0) is 6.42 Å². The first-order chi connectivity index (χ1) is 10.7. The second-order valence-corrected chi connectivity index (χ2v) is 5.85. The predicted octanol–water partition coefficient (Wildman–Crippen LogP) is 3.48. The van der Waals surface area contributed by atoms with Crippen molar-refractivity contribution in [2.45, 2.75) is 13.3 Å². The van der Waals surface area contributed by atoms with E-state index >= 15 is 0 Å². The molecule has 110 valence electrons. The minimum absolute atomic E-state index is 0.836. The number of benzene rings is 1. The van der Waals surface area contributed by atoms with Gasteiger partial charge in [0.2, 0.25) is 0 Å². The quantitative estimate of drug-likeness (QED) is 0.746. The number of aliphatic imine (C=N–C) groups is 1. The van der Waals surface area contributed by atoms with Gasteiger partial charge in [0.1, 0.15) is 12.2 Å². The molecule has 22 heavy (non-hydrogen) atoms. The van der Waals surface area contributed by atoms with Gasteiger partial charge in [-0.2, -0.15) is 0 Å². The van der Waals surface area contributed by atoms with Crippen molar-refractivity contribution in [3.63, 3.8) is 0 Å². The normalized spacial score (nSPS) is 16.5. The van der Waals surface area contributed by atoms with Gasteiger partial charge in [0.25, 0.3) is 0 Å². The highest BCUT2D eigenvalue weighted by molar-refractivity contribution is 6.31. The molecule has 2 aromatic rings. The topological polar surface area (TPSA) is 33.4 Å². The van der Waals surface area contributed by atoms with Crippen LogP contribution in [0.2, 0.25) is 5.02 Å². The maximum Gasteiger partial charge on any atom is 0.139 e. The maximum atomic E-state index is 6.36. The molecule has 2 aliphatic rings. The van der Waals surface area contributed by atoms with Crippen LogP contribution < -0.4 is 0 Å². The average molecular weight is 311 g/mol. The number of imidazole rings is 1. The van der Waals surface area contributed by atoms with E-state index in [0.29, 0.717) is 0 Å². The lowest BCUT2D eigenvalue weighted by molar-refractivity contribution is 0.515. The van der Waals surface area contributed by atoms with E-state index in [4.69, 9.17) is 11.6 Å². The molecule has 0 bridgehead atoms. The minimum Gasteiger partial charge on any atom is -0.345 e. The second-order valence-electron chi connectivity index (χ2n) is 5.45. The first-order valence-electron chi connectivity index (χ1n) is 7.24. The Morgan fingerprint density at radius 3 is 3.00 bits per heavy atom. The molecule has 0 atom stereocenters. The summed E-state index contributed by atoms with van der Waals surface area (Å²) < 4.78 is 1.94. The van der Waals surface area contributed by atoms with Crippen molar-refractivity contribution in [2.75, 3.05) is 6.54 Å². The molecule has 5 heteroatoms. The third kappa shape index (κ3) is 2.16. The fourth-order valence-corrected chi connectivity index (χ4v) is 3.18. The van der Waals surface area contributed by atoms with Crippen molar-refractivity contribution in [1.29, 1.82) is 0 Å². The zero-order valence-electron chi connectivity index (χ0n) is 12.2. The number of rotatable bonds is 0. The number of allylic oxidation sites excluding steroid dienone is 1. The zero-order valence-corrected chi connectivity index (χ0v) is 13.0. The van der Waals surface area contributed by atoms with Crippen LogP contribution in [0.1, 0.15) is 16.8 Å². The van der Waals surface area contributed by atoms with Gasteiger partial charge >= 0.3 is 0 Å². The Bertz CT molecular complexity index is 829. The monoisotopic (exact) mass is 310 g/mol. The summed E-state index contributed by atoms with van der Waals surface area (Å²) in [6, 6.07) is 6.07. The van der Waals surface area contributed by atoms with Crippen molar-refractivity contribution >= 4 is 23.1 Å². The Labute approximate surface area is 134 Å². The molecule has 0 radical (unpaired) electrons. The lowest BCUT2D eigenvalue weighted by Crippen LogP contribution is -2.25. The Hall–Kier alpha value is -2.33. The summed E-state index contributed by atoms with van der Waals surface area (Å²) in [7, 11) is 0. The molecule has 2 aliphatic heterocycles. The SMILES string of the molecule is Cc1cn(C2=NC=CN3CCc4c(Cl)cccc4C3=C2)cn1. The lowest BCUT2D eigenvalue weighted by atomic mass is 9.96. The molecule has 0 saturated heterocycles. The van der Waals surface area contributed by atoms with Gasteiger partial charge in [0, 0.05) is 41.8 Å². The van der Waals surface area contributed by atoms with Gasteiger partial charge in [0.15, 0.2) is 0 Å². The van der Waals surface area contributed by atoms with Crippen molar-refractivity contribution < 1.29 is 0 Å². The van der Waals surface area contributed by atoms with Gasteiger partial charge < -0.3 is 4.90 Å². The number of fused-ring (bicyclic) bond motifs is 3. The van der Waals surface area contributed by atoms with E-state index in [9.17, 15) is 0 Å². The molecule has 0 N–H and O–H groups in total. The smallest absolute Gasteiger partial charge is 0.139 e. The van der Waals surface area contributed by atoms with Crippen LogP contribution in [0.5, 0.6) is 0 Å². The maximum absolute atomic E-state index is 6.36. The molecule has 0 amide bonds. The fourth-order valence-electron chi connectivity index (χ4n) is 2.91. The molecule has 4 rings (SSSR count). The molecule has 4 nitrogen and oxygen atoms in total. The van der Waals surface area contributed by atoms with Gasteiger partial charge in [-0.15, -0.1) is 0 Å². The van der Waals surface area contributed by atoms with Crippen LogP contribution in [0.15, 0.2) is 54.2 Å². The van der Waals surface area contributed by atoms with Gasteiger partial charge in [-0.1, -0.05) is 23.7 Å². The van der Waals surface area contributed by atoms with Crippen molar-refractivity contribution in [3.05, 3.63) is 71.0 Å². The van der Waals surface area contributed by atoms with Gasteiger partial charge in [-0.25, -0.2) is 9.98 Å². The van der Waals surface area contributed by atoms with E-state index in [1.54, 1.807) is 6.33 Å². The summed E-state index contributed by atoms with van der Waals surface area (Å²) in [5, 5.41) is 0.836. The minimum atomic E-state index is 0.836. The summed E-state index contributed by atoms with van der Waals surface area (Å²) in [4.78, 5) is 11.0. The van der Waals surface area contributed by atoms with Gasteiger partial charge in [0.05, 0.1) is 11.4 Å². The third-order valence-corrected chi connectivity index (χ3v) is 4.36. The average Bonchev–Trinajstić information content (AvgIpc) is 2.82. The van der Waals surface area contributed by atoms with Crippen LogP contribution >= 0.6 is 11.6 Å². The molecule has 1 aromatic heterocycles. The van der Waals surface area contributed by atoms with Crippen molar-refractivity contribution in [2.24, 2.45) is 4.99 Å². The van der Waals surface area contributed by atoms with Gasteiger partial charge in [-0.3, -0.25) is 4.57 Å². The van der Waals surface area contributed by atoms with E-state index in [-0.39, 0.29) is 0 Å². The highest BCUT2D eigenvalue weighted by Crippen LogP contribution is 2.34. The number of aromatic nitrogens is 2. The van der Waals surface area contributed by atoms with Crippen LogP contribution in [0, 0.1) is 6.92 Å². The Morgan fingerprint density at radius 1 is 1.27 bits per heavy atom. The molecule has 0 aliphatic carbocycles. The number of halogens is 1. The molecular formula is C17H15ClN4. The molecular weight excluding hydrogens is 296 g/mol. The Kier molecular flexibility index (Phi) is 3.12. The van der Waals surface area contributed by atoms with Crippen LogP contribution in [0.25, 0.3) is 5.70 Å². The lowest BCUT2D eigenvalue weighted by Gasteiger charge is -2.30. The Balaban J connectivity index is 1.86. The molecule has 1 aromatic carbocycles. The summed E-state index contributed by atoms with van der Waals surface area (Å²) in [6.07, 6.45) is 10.7. The zero-order chi connectivity index (χ0) is 15.1. The van der Waals surface area contributed by atoms with Crippen LogP contribution in [-0.4, -0.2) is 26.8 Å². The van der Waals surface area contributed by atoms with E-state index in [1.807, 2.05) is 42.2 Å². The third-order valence-electron chi connectivity index (χ3n) is 4.00. The number of hydrogen-bond donors (Lipinski definition) is 0.